The van der Waals surface area contributed by atoms with Gasteiger partial charge in [0.25, 0.3) is 0 Å². The third kappa shape index (κ3) is 2.05. The van der Waals surface area contributed by atoms with Crippen molar-refractivity contribution in [1.29, 1.82) is 0 Å². The quantitative estimate of drug-likeness (QED) is 0.540. The minimum absolute atomic E-state index is 0.864. The first-order valence-corrected chi connectivity index (χ1v) is 3.52. The van der Waals surface area contributed by atoms with Gasteiger partial charge < -0.3 is 4.74 Å². The van der Waals surface area contributed by atoms with Gasteiger partial charge in [-0.3, -0.25) is 0 Å². The van der Waals surface area contributed by atoms with Gasteiger partial charge in [0.2, 0.25) is 0 Å². The first-order valence-electron chi connectivity index (χ1n) is 2.17. The third-order valence-corrected chi connectivity index (χ3v) is 1.58. The summed E-state index contributed by atoms with van der Waals surface area (Å²) in [4.78, 5) is 10.2. The molecule has 0 N–H and O–H groups in total. The van der Waals surface area contributed by atoms with Crippen molar-refractivity contribution < 1.29 is 18.3 Å². The molecule has 0 heterocycles. The molecular weight excluding hydrogens is 233 g/mol. The van der Waals surface area contributed by atoms with Crippen LogP contribution in [-0.4, -0.2) is 23.3 Å². The van der Waals surface area contributed by atoms with E-state index in [1.54, 1.807) is 0 Å². The van der Waals surface area contributed by atoms with Gasteiger partial charge in [-0.1, -0.05) is 15.9 Å². The molecule has 0 aromatic carbocycles. The van der Waals surface area contributed by atoms with Crippen molar-refractivity contribution in [2.75, 3.05) is 7.11 Å². The molecule has 0 aliphatic carbocycles. The molecule has 1 atom stereocenters. The van der Waals surface area contributed by atoms with E-state index in [1.165, 1.54) is 0 Å². The molecule has 0 bridgehead atoms. The average Bonchev–Trinajstić information content (AvgIpc) is 1.86. The van der Waals surface area contributed by atoms with Crippen LogP contribution in [0.2, 0.25) is 0 Å². The molecule has 0 aromatic rings. The lowest BCUT2D eigenvalue weighted by atomic mass is 10.4. The minimum Gasteiger partial charge on any atom is -0.465 e. The van der Waals surface area contributed by atoms with Gasteiger partial charge in [-0.15, -0.1) is 11.6 Å². The van der Waals surface area contributed by atoms with Crippen LogP contribution in [0.25, 0.3) is 0 Å². The number of hydrogen-bond donors (Lipinski definition) is 0. The number of methoxy groups -OCH3 is 1. The Bertz CT molecular complexity index is 139. The molecule has 2 nitrogen and oxygen atoms in total. The van der Waals surface area contributed by atoms with Crippen LogP contribution in [0, 0.1) is 0 Å². The summed E-state index contributed by atoms with van der Waals surface area (Å²) in [6.07, 6.45) is 0. The zero-order chi connectivity index (χ0) is 8.36. The van der Waals surface area contributed by atoms with E-state index < -0.39 is 16.2 Å². The maximum atomic E-state index is 12.3. The van der Waals surface area contributed by atoms with Crippen LogP contribution in [0.3, 0.4) is 0 Å². The van der Waals surface area contributed by atoms with Gasteiger partial charge in [0.05, 0.1) is 7.11 Å². The smallest absolute Gasteiger partial charge is 0.379 e. The van der Waals surface area contributed by atoms with Crippen LogP contribution in [-0.2, 0) is 9.53 Å². The third-order valence-electron chi connectivity index (χ3n) is 0.732. The Labute approximate surface area is 69.6 Å². The van der Waals surface area contributed by atoms with E-state index in [2.05, 4.69) is 20.7 Å². The van der Waals surface area contributed by atoms with Gasteiger partial charge >= 0.3 is 11.9 Å². The van der Waals surface area contributed by atoms with E-state index in [9.17, 15) is 13.6 Å². The highest BCUT2D eigenvalue weighted by atomic mass is 79.9. The van der Waals surface area contributed by atoms with E-state index in [-0.39, 0.29) is 0 Å². The lowest BCUT2D eigenvalue weighted by Crippen LogP contribution is -2.35. The second kappa shape index (κ2) is 3.48. The fourth-order valence-electron chi connectivity index (χ4n) is 0.225. The number of esters is 1. The Morgan fingerprint density at radius 1 is 1.80 bits per heavy atom. The molecule has 1 unspecified atom stereocenters. The summed E-state index contributed by atoms with van der Waals surface area (Å²) in [5.41, 5.74) is 0. The van der Waals surface area contributed by atoms with Crippen LogP contribution < -0.4 is 0 Å². The summed E-state index contributed by atoms with van der Waals surface area (Å²) in [5.74, 6) is -5.32. The van der Waals surface area contributed by atoms with Crippen LogP contribution in [0.1, 0.15) is 0 Å². The van der Waals surface area contributed by atoms with E-state index in [4.69, 9.17) is 11.6 Å². The second-order valence-corrected chi connectivity index (χ2v) is 3.29. The summed E-state index contributed by atoms with van der Waals surface area (Å²) in [7, 11) is 0.864. The lowest BCUT2D eigenvalue weighted by molar-refractivity contribution is -0.166. The number of alkyl halides is 4. The number of ether oxygens (including phenoxy) is 1. The van der Waals surface area contributed by atoms with E-state index in [0.29, 0.717) is 0 Å². The first-order chi connectivity index (χ1) is 4.42. The molecule has 10 heavy (non-hydrogen) atoms. The first kappa shape index (κ1) is 10.1. The molecule has 0 saturated heterocycles. The molecule has 6 heteroatoms. The zero-order valence-corrected chi connectivity index (χ0v) is 7.25. The van der Waals surface area contributed by atoms with E-state index in [0.717, 1.165) is 7.11 Å². The van der Waals surface area contributed by atoms with E-state index >= 15 is 0 Å². The van der Waals surface area contributed by atoms with Crippen molar-refractivity contribution >= 4 is 33.5 Å². The van der Waals surface area contributed by atoms with Crippen LogP contribution in [0.15, 0.2) is 0 Å². The maximum absolute atomic E-state index is 12.3. The van der Waals surface area contributed by atoms with Crippen molar-refractivity contribution in [2.24, 2.45) is 0 Å². The Balaban J connectivity index is 4.24. The zero-order valence-electron chi connectivity index (χ0n) is 4.91. The van der Waals surface area contributed by atoms with E-state index in [1.807, 2.05) is 0 Å². The fourth-order valence-corrected chi connectivity index (χ4v) is 0.501. The highest BCUT2D eigenvalue weighted by Gasteiger charge is 2.46. The van der Waals surface area contributed by atoms with Crippen molar-refractivity contribution in [3.8, 4) is 0 Å². The molecule has 0 aliphatic heterocycles. The van der Waals surface area contributed by atoms with Gasteiger partial charge in [-0.25, -0.2) is 4.79 Å². The van der Waals surface area contributed by atoms with Crippen LogP contribution in [0.5, 0.6) is 0 Å². The molecule has 60 valence electrons. The maximum Gasteiger partial charge on any atom is 0.379 e. The molecule has 0 aromatic heterocycles. The van der Waals surface area contributed by atoms with Crippen molar-refractivity contribution in [3.05, 3.63) is 0 Å². The molecule has 0 spiro atoms. The number of hydrogen-bond acceptors (Lipinski definition) is 2. The van der Waals surface area contributed by atoms with Crippen molar-refractivity contribution in [1.82, 2.24) is 0 Å². The Hall–Kier alpha value is 0.1000. The predicted molar refractivity (Wildman–Crippen MR) is 35.5 cm³/mol. The van der Waals surface area contributed by atoms with Crippen molar-refractivity contribution in [3.63, 3.8) is 0 Å². The standard InChI is InChI=1S/C4H4BrClF2O2/c1-10-3(9)4(7,8)2(5)6/h2H,1H3. The summed E-state index contributed by atoms with van der Waals surface area (Å²) in [5, 5.41) is 0. The van der Waals surface area contributed by atoms with Gasteiger partial charge in [0, 0.05) is 0 Å². The topological polar surface area (TPSA) is 26.3 Å². The SMILES string of the molecule is COC(=O)C(F)(F)C(Cl)Br. The number of carbonyl (C=O) groups is 1. The lowest BCUT2D eigenvalue weighted by Gasteiger charge is -2.13. The molecule has 0 rings (SSSR count). The van der Waals surface area contributed by atoms with Crippen LogP contribution in [0.4, 0.5) is 8.78 Å². The summed E-state index contributed by atoms with van der Waals surface area (Å²) in [6, 6.07) is 0. The average molecular weight is 237 g/mol. The van der Waals surface area contributed by atoms with Crippen LogP contribution >= 0.6 is 27.5 Å². The normalized spacial score (nSPS) is 14.5. The molecule has 0 saturated carbocycles. The number of carbonyl (C=O) groups excluding carboxylic acids is 1. The monoisotopic (exact) mass is 236 g/mol. The molecular formula is C4H4BrClF2O2. The molecule has 0 amide bonds. The summed E-state index contributed by atoms with van der Waals surface area (Å²) >= 11 is 7.26. The Morgan fingerprint density at radius 3 is 2.30 bits per heavy atom. The Kier molecular flexibility index (Phi) is 3.51. The molecule has 0 aliphatic rings. The molecule has 0 radical (unpaired) electrons. The van der Waals surface area contributed by atoms with Gasteiger partial charge in [0.15, 0.2) is 4.29 Å². The Morgan fingerprint density at radius 2 is 2.20 bits per heavy atom. The number of halogens is 4. The predicted octanol–water partition coefficient (Wildman–Crippen LogP) is 1.75. The fraction of sp³-hybridized carbons (Fsp3) is 0.750. The minimum atomic E-state index is -3.67. The van der Waals surface area contributed by atoms with Gasteiger partial charge in [-0.2, -0.15) is 8.78 Å². The molecule has 0 fully saturated rings. The summed E-state index contributed by atoms with van der Waals surface area (Å²) < 4.78 is 26.6. The summed E-state index contributed by atoms with van der Waals surface area (Å²) in [6.45, 7) is 0. The van der Waals surface area contributed by atoms with Crippen molar-refractivity contribution in [2.45, 2.75) is 10.2 Å². The highest BCUT2D eigenvalue weighted by Crippen LogP contribution is 2.28. The number of rotatable bonds is 2. The van der Waals surface area contributed by atoms with Gasteiger partial charge in [0.1, 0.15) is 0 Å². The largest absolute Gasteiger partial charge is 0.465 e. The second-order valence-electron chi connectivity index (χ2n) is 1.42. The van der Waals surface area contributed by atoms with Gasteiger partial charge in [-0.05, 0) is 0 Å². The highest BCUT2D eigenvalue weighted by molar-refractivity contribution is 9.10.